The second-order valence-corrected chi connectivity index (χ2v) is 6.18. The maximum Gasteiger partial charge on any atom is 0.195 e. The molecule has 1 nitrogen and oxygen atoms in total. The highest BCUT2D eigenvalue weighted by Crippen LogP contribution is 2.27. The number of carbonyl (C=O) groups is 1. The van der Waals surface area contributed by atoms with Gasteiger partial charge in [-0.25, -0.2) is 4.39 Å². The number of rotatable bonds is 3. The van der Waals surface area contributed by atoms with Crippen LogP contribution >= 0.6 is 43.5 Å². The number of carbonyl (C=O) groups excluding carboxylic acids is 1. The van der Waals surface area contributed by atoms with Gasteiger partial charge in [0, 0.05) is 20.9 Å². The number of ketones is 1. The first-order valence-electron chi connectivity index (χ1n) is 5.78. The van der Waals surface area contributed by atoms with Crippen LogP contribution in [0.3, 0.4) is 0 Å². The van der Waals surface area contributed by atoms with Gasteiger partial charge in [0.15, 0.2) is 5.78 Å². The fourth-order valence-electron chi connectivity index (χ4n) is 1.80. The highest BCUT2D eigenvalue weighted by Gasteiger charge is 2.17. The lowest BCUT2D eigenvalue weighted by Crippen LogP contribution is -2.05. The Hall–Kier alpha value is -0.710. The molecule has 0 heterocycles. The van der Waals surface area contributed by atoms with Crippen LogP contribution in [0.15, 0.2) is 34.8 Å². The molecule has 0 saturated carbocycles. The summed E-state index contributed by atoms with van der Waals surface area (Å²) in [5, 5.41) is 0.825. The van der Waals surface area contributed by atoms with E-state index in [1.54, 1.807) is 13.0 Å². The van der Waals surface area contributed by atoms with E-state index in [2.05, 4.69) is 31.9 Å². The number of hydrogen-bond acceptors (Lipinski definition) is 1. The van der Waals surface area contributed by atoms with E-state index in [1.807, 2.05) is 12.1 Å². The Morgan fingerprint density at radius 1 is 1.25 bits per heavy atom. The van der Waals surface area contributed by atoms with Gasteiger partial charge in [-0.05, 0) is 42.3 Å². The summed E-state index contributed by atoms with van der Waals surface area (Å²) in [7, 11) is 0. The monoisotopic (exact) mass is 418 g/mol. The summed E-state index contributed by atoms with van der Waals surface area (Å²) in [6.07, 6.45) is 0. The first kappa shape index (κ1) is 15.7. The van der Waals surface area contributed by atoms with E-state index in [1.165, 1.54) is 12.1 Å². The van der Waals surface area contributed by atoms with Crippen molar-refractivity contribution in [2.75, 3.05) is 0 Å². The lowest BCUT2D eigenvalue weighted by atomic mass is 10.0. The number of alkyl halides is 1. The average molecular weight is 421 g/mol. The Labute approximate surface area is 138 Å². The smallest absolute Gasteiger partial charge is 0.195 e. The predicted octanol–water partition coefficient (Wildman–Crippen LogP) is 5.68. The Morgan fingerprint density at radius 3 is 2.55 bits per heavy atom. The molecule has 0 aliphatic carbocycles. The van der Waals surface area contributed by atoms with Gasteiger partial charge in [0.05, 0.1) is 5.02 Å². The van der Waals surface area contributed by atoms with Gasteiger partial charge in [0.2, 0.25) is 0 Å². The lowest BCUT2D eigenvalue weighted by molar-refractivity contribution is 0.103. The zero-order valence-electron chi connectivity index (χ0n) is 10.5. The molecule has 5 heteroatoms. The van der Waals surface area contributed by atoms with Crippen molar-refractivity contribution in [3.63, 3.8) is 0 Å². The molecule has 0 spiro atoms. The van der Waals surface area contributed by atoms with Gasteiger partial charge in [0.25, 0.3) is 0 Å². The number of aryl methyl sites for hydroxylation is 1. The standard InChI is InChI=1S/C15H10Br2ClFO/c1-8-4-11(13(18)6-14(8)19)15(20)10-3-2-9(7-16)5-12(10)17/h2-6H,7H2,1H3. The van der Waals surface area contributed by atoms with Gasteiger partial charge < -0.3 is 0 Å². The zero-order chi connectivity index (χ0) is 14.9. The van der Waals surface area contributed by atoms with Gasteiger partial charge in [-0.1, -0.05) is 49.5 Å². The summed E-state index contributed by atoms with van der Waals surface area (Å²) in [4.78, 5) is 12.5. The molecule has 0 amide bonds. The topological polar surface area (TPSA) is 17.1 Å². The van der Waals surface area contributed by atoms with Crippen molar-refractivity contribution < 1.29 is 9.18 Å². The molecule has 0 aliphatic rings. The van der Waals surface area contributed by atoms with Crippen molar-refractivity contribution in [1.82, 2.24) is 0 Å². The SMILES string of the molecule is Cc1cc(C(=O)c2ccc(CBr)cc2Br)c(Cl)cc1F. The first-order valence-corrected chi connectivity index (χ1v) is 8.08. The normalized spacial score (nSPS) is 10.7. The zero-order valence-corrected chi connectivity index (χ0v) is 14.4. The van der Waals surface area contributed by atoms with E-state index in [9.17, 15) is 9.18 Å². The van der Waals surface area contributed by atoms with Crippen LogP contribution < -0.4 is 0 Å². The fourth-order valence-corrected chi connectivity index (χ4v) is 2.99. The van der Waals surface area contributed by atoms with E-state index in [0.717, 1.165) is 5.56 Å². The summed E-state index contributed by atoms with van der Waals surface area (Å²) in [6, 6.07) is 8.11. The Balaban J connectivity index is 2.49. The van der Waals surface area contributed by atoms with Crippen LogP contribution in [0.4, 0.5) is 4.39 Å². The summed E-state index contributed by atoms with van der Waals surface area (Å²) < 4.78 is 14.1. The molecule has 2 aromatic rings. The van der Waals surface area contributed by atoms with E-state index >= 15 is 0 Å². The summed E-state index contributed by atoms with van der Waals surface area (Å²) >= 11 is 12.7. The Morgan fingerprint density at radius 2 is 1.95 bits per heavy atom. The molecule has 0 aliphatic heterocycles. The van der Waals surface area contributed by atoms with Gasteiger partial charge in [0.1, 0.15) is 5.82 Å². The minimum atomic E-state index is -0.416. The molecule has 0 bridgehead atoms. The third-order valence-electron chi connectivity index (χ3n) is 2.93. The minimum absolute atomic E-state index is 0.120. The van der Waals surface area contributed by atoms with E-state index < -0.39 is 5.82 Å². The van der Waals surface area contributed by atoms with Gasteiger partial charge in [-0.15, -0.1) is 0 Å². The molecule has 0 unspecified atom stereocenters. The van der Waals surface area contributed by atoms with E-state index in [0.29, 0.717) is 26.5 Å². The first-order chi connectivity index (χ1) is 9.43. The van der Waals surface area contributed by atoms with E-state index in [4.69, 9.17) is 11.6 Å². The Bertz CT molecular complexity index is 686. The number of halogens is 4. The van der Waals surface area contributed by atoms with Gasteiger partial charge >= 0.3 is 0 Å². The molecule has 2 aromatic carbocycles. The number of benzene rings is 2. The third kappa shape index (κ3) is 3.13. The molecule has 0 fully saturated rings. The van der Waals surface area contributed by atoms with E-state index in [-0.39, 0.29) is 10.8 Å². The molecule has 0 radical (unpaired) electrons. The van der Waals surface area contributed by atoms with Crippen molar-refractivity contribution in [3.8, 4) is 0 Å². The molecule has 20 heavy (non-hydrogen) atoms. The van der Waals surface area contributed by atoms with Crippen LogP contribution in [0.5, 0.6) is 0 Å². The quantitative estimate of drug-likeness (QED) is 0.461. The lowest BCUT2D eigenvalue weighted by Gasteiger charge is -2.08. The van der Waals surface area contributed by atoms with Crippen LogP contribution in [0.25, 0.3) is 0 Å². The third-order valence-corrected chi connectivity index (χ3v) is 4.54. The average Bonchev–Trinajstić information content (AvgIpc) is 2.42. The summed E-state index contributed by atoms with van der Waals surface area (Å²) in [5.74, 6) is -0.647. The largest absolute Gasteiger partial charge is 0.289 e. The van der Waals surface area contributed by atoms with Crippen LogP contribution in [0.1, 0.15) is 27.0 Å². The second kappa shape index (κ2) is 6.37. The van der Waals surface area contributed by atoms with Crippen LogP contribution in [0.2, 0.25) is 5.02 Å². The van der Waals surface area contributed by atoms with Crippen molar-refractivity contribution >= 4 is 49.2 Å². The maximum atomic E-state index is 13.4. The van der Waals surface area contributed by atoms with Crippen molar-refractivity contribution in [3.05, 3.63) is 67.9 Å². The highest BCUT2D eigenvalue weighted by molar-refractivity contribution is 9.10. The second-order valence-electron chi connectivity index (χ2n) is 4.36. The highest BCUT2D eigenvalue weighted by atomic mass is 79.9. The summed E-state index contributed by atoms with van der Waals surface area (Å²) in [6.45, 7) is 1.60. The maximum absolute atomic E-state index is 13.4. The van der Waals surface area contributed by atoms with Crippen LogP contribution in [-0.2, 0) is 5.33 Å². The van der Waals surface area contributed by atoms with Crippen LogP contribution in [0, 0.1) is 12.7 Å². The molecule has 104 valence electrons. The fraction of sp³-hybridized carbons (Fsp3) is 0.133. The van der Waals surface area contributed by atoms with Crippen molar-refractivity contribution in [2.24, 2.45) is 0 Å². The molecule has 2 rings (SSSR count). The predicted molar refractivity (Wildman–Crippen MR) is 86.4 cm³/mol. The molecular weight excluding hydrogens is 410 g/mol. The summed E-state index contributed by atoms with van der Waals surface area (Å²) in [5.41, 5.74) is 2.25. The number of hydrogen-bond donors (Lipinski definition) is 0. The van der Waals surface area contributed by atoms with Crippen molar-refractivity contribution in [1.29, 1.82) is 0 Å². The molecular formula is C15H10Br2ClFO. The molecule has 0 aromatic heterocycles. The van der Waals surface area contributed by atoms with Crippen molar-refractivity contribution in [2.45, 2.75) is 12.3 Å². The van der Waals surface area contributed by atoms with Gasteiger partial charge in [-0.3, -0.25) is 4.79 Å². The molecule has 0 atom stereocenters. The Kier molecular flexibility index (Phi) is 4.99. The minimum Gasteiger partial charge on any atom is -0.289 e. The van der Waals surface area contributed by atoms with Gasteiger partial charge in [-0.2, -0.15) is 0 Å². The van der Waals surface area contributed by atoms with Crippen LogP contribution in [-0.4, -0.2) is 5.78 Å². The molecule has 0 N–H and O–H groups in total. The molecule has 0 saturated heterocycles.